The Morgan fingerprint density at radius 2 is 1.81 bits per heavy atom. The minimum atomic E-state index is -3.10. The highest BCUT2D eigenvalue weighted by Crippen LogP contribution is 2.17. The molecule has 0 saturated carbocycles. The van der Waals surface area contributed by atoms with E-state index in [0.29, 0.717) is 24.5 Å². The van der Waals surface area contributed by atoms with Gasteiger partial charge in [-0.1, -0.05) is 25.1 Å². The molecule has 0 aliphatic heterocycles. The van der Waals surface area contributed by atoms with Crippen LogP contribution in [-0.2, 0) is 16.3 Å². The van der Waals surface area contributed by atoms with Gasteiger partial charge in [0.15, 0.2) is 15.8 Å². The number of guanidine groups is 1. The number of halogens is 2. The van der Waals surface area contributed by atoms with Crippen LogP contribution in [0.1, 0.15) is 26.3 Å². The second kappa shape index (κ2) is 13.5. The predicted molar refractivity (Wildman–Crippen MR) is 136 cm³/mol. The van der Waals surface area contributed by atoms with Gasteiger partial charge in [-0.15, -0.1) is 24.0 Å². The molecule has 2 aromatic rings. The average Bonchev–Trinajstić information content (AvgIpc) is 2.70. The SMILES string of the molecule is CCS(=O)(=O)CCN=C(NCCc1ccccc1F)Nc1ccc(OC(C)C)cc1.I. The number of nitrogens with zero attached hydrogens (tertiary/aromatic N) is 1. The molecule has 0 fully saturated rings. The van der Waals surface area contributed by atoms with E-state index in [9.17, 15) is 12.8 Å². The molecule has 0 atom stereocenters. The zero-order valence-corrected chi connectivity index (χ0v) is 21.2. The van der Waals surface area contributed by atoms with E-state index >= 15 is 0 Å². The molecule has 0 radical (unpaired) electrons. The maximum absolute atomic E-state index is 13.8. The molecule has 172 valence electrons. The van der Waals surface area contributed by atoms with Crippen molar-refractivity contribution in [3.05, 3.63) is 59.9 Å². The second-order valence-corrected chi connectivity index (χ2v) is 9.52. The molecular formula is C22H31FIN3O3S. The monoisotopic (exact) mass is 563 g/mol. The van der Waals surface area contributed by atoms with Crippen molar-refractivity contribution in [1.82, 2.24) is 5.32 Å². The summed E-state index contributed by atoms with van der Waals surface area (Å²) in [6, 6.07) is 14.0. The lowest BCUT2D eigenvalue weighted by molar-refractivity contribution is 0.242. The maximum Gasteiger partial charge on any atom is 0.195 e. The van der Waals surface area contributed by atoms with Gasteiger partial charge < -0.3 is 15.4 Å². The first-order valence-corrected chi connectivity index (χ1v) is 11.9. The first kappa shape index (κ1) is 27.2. The summed E-state index contributed by atoms with van der Waals surface area (Å²) in [6.07, 6.45) is 0.559. The van der Waals surface area contributed by atoms with Crippen LogP contribution in [0.5, 0.6) is 5.75 Å². The van der Waals surface area contributed by atoms with E-state index in [2.05, 4.69) is 15.6 Å². The first-order chi connectivity index (χ1) is 14.3. The Kier molecular flexibility index (Phi) is 11.8. The van der Waals surface area contributed by atoms with Gasteiger partial charge in [-0.3, -0.25) is 4.99 Å². The van der Waals surface area contributed by atoms with Crippen molar-refractivity contribution < 1.29 is 17.5 Å². The summed E-state index contributed by atoms with van der Waals surface area (Å²) >= 11 is 0. The highest BCUT2D eigenvalue weighted by Gasteiger charge is 2.08. The molecular weight excluding hydrogens is 532 g/mol. The number of hydrogen-bond donors (Lipinski definition) is 2. The minimum absolute atomic E-state index is 0. The van der Waals surface area contributed by atoms with E-state index in [-0.39, 0.29) is 53.9 Å². The van der Waals surface area contributed by atoms with Crippen LogP contribution < -0.4 is 15.4 Å². The van der Waals surface area contributed by atoms with E-state index in [1.54, 1.807) is 25.1 Å². The van der Waals surface area contributed by atoms with Crippen molar-refractivity contribution in [2.45, 2.75) is 33.3 Å². The maximum atomic E-state index is 13.8. The van der Waals surface area contributed by atoms with Crippen LogP contribution >= 0.6 is 24.0 Å². The normalized spacial score (nSPS) is 11.7. The Morgan fingerprint density at radius 1 is 1.13 bits per heavy atom. The average molecular weight is 563 g/mol. The van der Waals surface area contributed by atoms with E-state index in [1.165, 1.54) is 6.07 Å². The van der Waals surface area contributed by atoms with Gasteiger partial charge in [-0.05, 0) is 56.2 Å². The van der Waals surface area contributed by atoms with Crippen molar-refractivity contribution in [2.75, 3.05) is 29.9 Å². The standard InChI is InChI=1S/C22H30FN3O3S.HI/c1-4-30(27,28)16-15-25-22(24-14-13-18-7-5-6-8-21(18)23)26-19-9-11-20(12-10-19)29-17(2)3;/h5-12,17H,4,13-16H2,1-3H3,(H2,24,25,26);1H. The summed E-state index contributed by atoms with van der Waals surface area (Å²) < 4.78 is 42.9. The van der Waals surface area contributed by atoms with Crippen molar-refractivity contribution in [3.8, 4) is 5.75 Å². The molecule has 0 aromatic heterocycles. The summed E-state index contributed by atoms with van der Waals surface area (Å²) in [5, 5.41) is 6.30. The number of aliphatic imine (C=N–C) groups is 1. The molecule has 9 heteroatoms. The Balaban J connectivity index is 0.00000480. The van der Waals surface area contributed by atoms with Crippen LogP contribution in [0.4, 0.5) is 10.1 Å². The van der Waals surface area contributed by atoms with Crippen molar-refractivity contribution in [1.29, 1.82) is 0 Å². The highest BCUT2D eigenvalue weighted by molar-refractivity contribution is 14.0. The van der Waals surface area contributed by atoms with Gasteiger partial charge in [-0.2, -0.15) is 0 Å². The van der Waals surface area contributed by atoms with E-state index in [0.717, 1.165) is 11.4 Å². The molecule has 2 aromatic carbocycles. The van der Waals surface area contributed by atoms with Gasteiger partial charge in [0.1, 0.15) is 11.6 Å². The Labute approximate surface area is 201 Å². The van der Waals surface area contributed by atoms with Gasteiger partial charge in [0.2, 0.25) is 0 Å². The molecule has 0 amide bonds. The fourth-order valence-corrected chi connectivity index (χ4v) is 3.28. The molecule has 0 aliphatic rings. The first-order valence-electron chi connectivity index (χ1n) is 10.0. The lowest BCUT2D eigenvalue weighted by Gasteiger charge is -2.14. The third-order valence-electron chi connectivity index (χ3n) is 4.25. The fourth-order valence-electron chi connectivity index (χ4n) is 2.62. The van der Waals surface area contributed by atoms with Gasteiger partial charge in [-0.25, -0.2) is 12.8 Å². The molecule has 6 nitrogen and oxygen atoms in total. The smallest absolute Gasteiger partial charge is 0.195 e. The summed E-state index contributed by atoms with van der Waals surface area (Å²) in [5.74, 6) is 1.01. The quantitative estimate of drug-likeness (QED) is 0.257. The third-order valence-corrected chi connectivity index (χ3v) is 5.93. The zero-order valence-electron chi connectivity index (χ0n) is 18.1. The summed E-state index contributed by atoms with van der Waals surface area (Å²) in [6.45, 7) is 6.12. The second-order valence-electron chi connectivity index (χ2n) is 7.05. The topological polar surface area (TPSA) is 79.8 Å². The Hall–Kier alpha value is -1.88. The number of benzene rings is 2. The summed E-state index contributed by atoms with van der Waals surface area (Å²) in [7, 11) is -3.10. The zero-order chi connectivity index (χ0) is 22.0. The number of ether oxygens (including phenoxy) is 1. The van der Waals surface area contributed by atoms with Crippen LogP contribution in [0.25, 0.3) is 0 Å². The van der Waals surface area contributed by atoms with Gasteiger partial charge in [0.25, 0.3) is 0 Å². The van der Waals surface area contributed by atoms with E-state index < -0.39 is 9.84 Å². The number of anilines is 1. The molecule has 2 rings (SSSR count). The predicted octanol–water partition coefficient (Wildman–Crippen LogP) is 4.27. The van der Waals surface area contributed by atoms with Gasteiger partial charge in [0, 0.05) is 18.0 Å². The number of hydrogen-bond acceptors (Lipinski definition) is 4. The lowest BCUT2D eigenvalue weighted by atomic mass is 10.1. The van der Waals surface area contributed by atoms with Crippen molar-refractivity contribution in [3.63, 3.8) is 0 Å². The van der Waals surface area contributed by atoms with Crippen LogP contribution in [0.2, 0.25) is 0 Å². The number of sulfone groups is 1. The molecule has 0 saturated heterocycles. The number of nitrogens with one attached hydrogen (secondary N) is 2. The van der Waals surface area contributed by atoms with E-state index in [4.69, 9.17) is 4.74 Å². The Bertz CT molecular complexity index is 935. The van der Waals surface area contributed by atoms with E-state index in [1.807, 2.05) is 38.1 Å². The van der Waals surface area contributed by atoms with Crippen molar-refractivity contribution >= 4 is 45.5 Å². The molecule has 0 unspecified atom stereocenters. The van der Waals surface area contributed by atoms with Crippen LogP contribution in [-0.4, -0.2) is 45.1 Å². The number of rotatable bonds is 10. The van der Waals surface area contributed by atoms with Crippen LogP contribution in [0, 0.1) is 5.82 Å². The van der Waals surface area contributed by atoms with Crippen molar-refractivity contribution in [2.24, 2.45) is 4.99 Å². The minimum Gasteiger partial charge on any atom is -0.491 e. The lowest BCUT2D eigenvalue weighted by Crippen LogP contribution is -2.33. The van der Waals surface area contributed by atoms with Crippen LogP contribution in [0.3, 0.4) is 0 Å². The Morgan fingerprint density at radius 3 is 2.42 bits per heavy atom. The highest BCUT2D eigenvalue weighted by atomic mass is 127. The molecule has 0 bridgehead atoms. The fraction of sp³-hybridized carbons (Fsp3) is 0.409. The molecule has 2 N–H and O–H groups in total. The molecule has 0 spiro atoms. The summed E-state index contributed by atoms with van der Waals surface area (Å²) in [5.41, 5.74) is 1.38. The van der Waals surface area contributed by atoms with Gasteiger partial charge in [0.05, 0.1) is 18.4 Å². The third kappa shape index (κ3) is 10.3. The molecule has 31 heavy (non-hydrogen) atoms. The largest absolute Gasteiger partial charge is 0.491 e. The molecule has 0 aliphatic carbocycles. The van der Waals surface area contributed by atoms with Crippen LogP contribution in [0.15, 0.2) is 53.5 Å². The van der Waals surface area contributed by atoms with Gasteiger partial charge >= 0.3 is 0 Å². The molecule has 0 heterocycles. The summed E-state index contributed by atoms with van der Waals surface area (Å²) in [4.78, 5) is 4.37.